The molecule has 0 spiro atoms. The van der Waals surface area contributed by atoms with Crippen LogP contribution in [-0.4, -0.2) is 62.3 Å². The second-order valence-electron chi connectivity index (χ2n) is 7.67. The molecule has 10 heteroatoms. The van der Waals surface area contributed by atoms with Crippen molar-refractivity contribution in [1.82, 2.24) is 15.5 Å². The lowest BCUT2D eigenvalue weighted by Gasteiger charge is -2.32. The summed E-state index contributed by atoms with van der Waals surface area (Å²) in [6.45, 7) is 3.30. The lowest BCUT2D eigenvalue weighted by Crippen LogP contribution is -2.43. The second-order valence-corrected chi connectivity index (χ2v) is 7.67. The van der Waals surface area contributed by atoms with E-state index in [0.29, 0.717) is 31.8 Å². The summed E-state index contributed by atoms with van der Waals surface area (Å²) in [5, 5.41) is 24.7. The summed E-state index contributed by atoms with van der Waals surface area (Å²) in [7, 11) is 1.61. The van der Waals surface area contributed by atoms with E-state index in [1.807, 2.05) is 0 Å². The number of allylic oxidation sites excluding steroid dienone is 1. The number of rotatable bonds is 7. The van der Waals surface area contributed by atoms with Crippen molar-refractivity contribution in [1.29, 1.82) is 10.8 Å². The van der Waals surface area contributed by atoms with Gasteiger partial charge in [-0.25, -0.2) is 8.78 Å². The number of benzene rings is 1. The van der Waals surface area contributed by atoms with Gasteiger partial charge in [0.1, 0.15) is 17.3 Å². The van der Waals surface area contributed by atoms with E-state index in [1.54, 1.807) is 11.9 Å². The van der Waals surface area contributed by atoms with E-state index in [1.165, 1.54) is 19.2 Å². The predicted molar refractivity (Wildman–Crippen MR) is 120 cm³/mol. The Kier molecular flexibility index (Phi) is 7.57. The van der Waals surface area contributed by atoms with E-state index in [-0.39, 0.29) is 35.5 Å². The van der Waals surface area contributed by atoms with Crippen molar-refractivity contribution in [3.8, 4) is 0 Å². The quantitative estimate of drug-likeness (QED) is 0.326. The lowest BCUT2D eigenvalue weighted by atomic mass is 10.0. The number of hydrogen-bond donors (Lipinski definition) is 5. The molecule has 0 saturated carbocycles. The van der Waals surface area contributed by atoms with E-state index in [0.717, 1.165) is 24.4 Å². The summed E-state index contributed by atoms with van der Waals surface area (Å²) in [5.74, 6) is -2.09. The fraction of sp³-hybridized carbons (Fsp3) is 0.409. The fourth-order valence-electron chi connectivity index (χ4n) is 3.76. The number of ether oxygens (including phenoxy) is 1. The molecule has 8 nitrogen and oxygen atoms in total. The van der Waals surface area contributed by atoms with E-state index >= 15 is 4.39 Å². The van der Waals surface area contributed by atoms with Crippen molar-refractivity contribution in [2.24, 2.45) is 0 Å². The minimum Gasteiger partial charge on any atom is -0.393 e. The smallest absolute Gasteiger partial charge is 0.219 e. The molecule has 2 aliphatic rings. The van der Waals surface area contributed by atoms with Gasteiger partial charge in [0.25, 0.3) is 0 Å². The van der Waals surface area contributed by atoms with Gasteiger partial charge in [0.2, 0.25) is 5.91 Å². The van der Waals surface area contributed by atoms with Crippen molar-refractivity contribution < 1.29 is 18.3 Å². The normalized spacial score (nSPS) is 19.1. The maximum atomic E-state index is 15.2. The van der Waals surface area contributed by atoms with Crippen LogP contribution in [0, 0.1) is 22.5 Å². The Morgan fingerprint density at radius 2 is 2.12 bits per heavy atom. The van der Waals surface area contributed by atoms with Gasteiger partial charge < -0.3 is 31.0 Å². The number of anilines is 1. The fourth-order valence-corrected chi connectivity index (χ4v) is 3.76. The first-order chi connectivity index (χ1) is 15.3. The van der Waals surface area contributed by atoms with Crippen LogP contribution in [-0.2, 0) is 9.53 Å². The van der Waals surface area contributed by atoms with Crippen molar-refractivity contribution >= 4 is 29.2 Å². The lowest BCUT2D eigenvalue weighted by molar-refractivity contribution is -0.128. The second kappa shape index (κ2) is 10.4. The van der Waals surface area contributed by atoms with Crippen LogP contribution in [0.2, 0.25) is 0 Å². The van der Waals surface area contributed by atoms with Gasteiger partial charge in [-0.1, -0.05) is 0 Å². The first-order valence-corrected chi connectivity index (χ1v) is 10.4. The molecule has 0 aliphatic carbocycles. The molecule has 1 aromatic carbocycles. The molecule has 1 aromatic rings. The van der Waals surface area contributed by atoms with Crippen LogP contribution < -0.4 is 16.0 Å². The number of nitrogens with zero attached hydrogens (tertiary/aromatic N) is 1. The van der Waals surface area contributed by atoms with Crippen LogP contribution in [0.3, 0.4) is 0 Å². The Hall–Kier alpha value is -3.27. The van der Waals surface area contributed by atoms with Gasteiger partial charge >= 0.3 is 0 Å². The molecule has 1 atom stereocenters. The number of halogens is 2. The van der Waals surface area contributed by atoms with Gasteiger partial charge in [-0.3, -0.25) is 10.2 Å². The Morgan fingerprint density at radius 3 is 2.75 bits per heavy atom. The van der Waals surface area contributed by atoms with E-state index in [4.69, 9.17) is 15.6 Å². The highest BCUT2D eigenvalue weighted by Gasteiger charge is 2.27. The third kappa shape index (κ3) is 5.13. The average molecular weight is 447 g/mol. The van der Waals surface area contributed by atoms with Gasteiger partial charge in [0, 0.05) is 68.4 Å². The van der Waals surface area contributed by atoms with Gasteiger partial charge in [-0.2, -0.15) is 0 Å². The van der Waals surface area contributed by atoms with Crippen molar-refractivity contribution in [3.05, 3.63) is 46.8 Å². The molecule has 172 valence electrons. The third-order valence-electron chi connectivity index (χ3n) is 5.51. The first kappa shape index (κ1) is 23.4. The van der Waals surface area contributed by atoms with Crippen LogP contribution in [0.25, 0.3) is 5.57 Å². The Balaban J connectivity index is 1.93. The molecule has 3 rings (SSSR count). The van der Waals surface area contributed by atoms with Crippen LogP contribution in [0.5, 0.6) is 0 Å². The summed E-state index contributed by atoms with van der Waals surface area (Å²) in [6.07, 6.45) is 3.72. The third-order valence-corrected chi connectivity index (χ3v) is 5.51. The maximum absolute atomic E-state index is 15.2. The Bertz CT molecular complexity index is 969. The van der Waals surface area contributed by atoms with Crippen molar-refractivity contribution in [2.45, 2.75) is 25.8 Å². The van der Waals surface area contributed by atoms with E-state index in [2.05, 4.69) is 16.0 Å². The highest BCUT2D eigenvalue weighted by atomic mass is 19.1. The highest BCUT2D eigenvalue weighted by molar-refractivity contribution is 6.10. The highest BCUT2D eigenvalue weighted by Crippen LogP contribution is 2.28. The molecule has 32 heavy (non-hydrogen) atoms. The summed E-state index contributed by atoms with van der Waals surface area (Å²) in [6, 6.07) is 2.43. The number of nitrogens with one attached hydrogen (secondary N) is 5. The number of carbonyl (C=O) groups excluding carboxylic acids is 1. The van der Waals surface area contributed by atoms with E-state index < -0.39 is 17.3 Å². The minimum absolute atomic E-state index is 0.0236. The minimum atomic E-state index is -0.904. The maximum Gasteiger partial charge on any atom is 0.219 e. The summed E-state index contributed by atoms with van der Waals surface area (Å²) in [4.78, 5) is 13.5. The average Bonchev–Trinajstić information content (AvgIpc) is 3.28. The molecule has 5 N–H and O–H groups in total. The van der Waals surface area contributed by atoms with Gasteiger partial charge in [0.15, 0.2) is 5.82 Å². The summed E-state index contributed by atoms with van der Waals surface area (Å²) in [5.41, 5.74) is 1.01. The molecular weight excluding hydrogens is 418 g/mol. The monoisotopic (exact) mass is 446 g/mol. The van der Waals surface area contributed by atoms with Gasteiger partial charge in [0.05, 0.1) is 19.2 Å². The number of carbonyl (C=O) groups is 1. The van der Waals surface area contributed by atoms with Crippen molar-refractivity contribution in [3.63, 3.8) is 0 Å². The molecule has 0 radical (unpaired) electrons. The van der Waals surface area contributed by atoms with Crippen LogP contribution in [0.1, 0.15) is 25.3 Å². The van der Waals surface area contributed by atoms with Gasteiger partial charge in [-0.15, -0.1) is 0 Å². The zero-order chi connectivity index (χ0) is 23.3. The van der Waals surface area contributed by atoms with Crippen molar-refractivity contribution in [2.75, 3.05) is 38.7 Å². The molecule has 1 fully saturated rings. The van der Waals surface area contributed by atoms with E-state index in [9.17, 15) is 9.18 Å². The topological polar surface area (TPSA) is 113 Å². The first-order valence-electron chi connectivity index (χ1n) is 10.4. The zero-order valence-electron chi connectivity index (χ0n) is 18.1. The molecule has 2 heterocycles. The molecule has 0 unspecified atom stereocenters. The summed E-state index contributed by atoms with van der Waals surface area (Å²) < 4.78 is 35.1. The predicted octanol–water partition coefficient (Wildman–Crippen LogP) is 2.45. The number of amides is 1. The molecule has 2 aliphatic heterocycles. The molecule has 1 saturated heterocycles. The van der Waals surface area contributed by atoms with Crippen LogP contribution in [0.4, 0.5) is 14.5 Å². The standard InChI is InChI=1S/C22H28F2N6O2/c1-13(31)30-7-5-19(28-15-6-8-32-12-15)17(11-30)22(26)29-21-18(23)4-3-16(20(21)24)14(9-25)10-27-2/h3-4,9-10,15,25,27-28H,5-8,11-12H2,1-2H3,(H2,26,29)/b14-10+,25-9?/t15-/m1/s1. The number of amidine groups is 1. The zero-order valence-corrected chi connectivity index (χ0v) is 18.1. The SMILES string of the molecule is CN/C=C(\C=N)c1ccc(F)c(NC(=N)C2=C(N[C@@H]3CCOC3)CCN(C(C)=O)C2)c1F. The number of hydrogen-bond acceptors (Lipinski definition) is 6. The molecule has 0 aromatic heterocycles. The van der Waals surface area contributed by atoms with Crippen LogP contribution >= 0.6 is 0 Å². The molecular formula is C22H28F2N6O2. The molecule has 0 bridgehead atoms. The Labute approximate surface area is 185 Å². The van der Waals surface area contributed by atoms with Crippen LogP contribution in [0.15, 0.2) is 29.6 Å². The molecule has 1 amide bonds. The largest absolute Gasteiger partial charge is 0.393 e. The Morgan fingerprint density at radius 1 is 1.34 bits per heavy atom. The summed E-state index contributed by atoms with van der Waals surface area (Å²) >= 11 is 0. The van der Waals surface area contributed by atoms with Gasteiger partial charge in [-0.05, 0) is 18.6 Å².